The molecule has 2 rings (SSSR count). The number of carbonyl (C=O) groups is 2. The Hall–Kier alpha value is -1.11. The van der Waals surface area contributed by atoms with E-state index in [-0.39, 0.29) is 6.04 Å². The van der Waals surface area contributed by atoms with Gasteiger partial charge in [-0.2, -0.15) is 13.2 Å². The van der Waals surface area contributed by atoms with Gasteiger partial charge in [0.2, 0.25) is 11.7 Å². The van der Waals surface area contributed by atoms with Crippen molar-refractivity contribution in [2.75, 3.05) is 26.2 Å². The Labute approximate surface area is 109 Å². The number of halogens is 3. The molecule has 7 heteroatoms. The molecule has 0 radical (unpaired) electrons. The molecule has 0 aromatic heterocycles. The Balaban J connectivity index is 1.83. The summed E-state index contributed by atoms with van der Waals surface area (Å²) in [5.41, 5.74) is 0. The van der Waals surface area contributed by atoms with Crippen LogP contribution in [0, 0.1) is 0 Å². The molecule has 4 nitrogen and oxygen atoms in total. The summed E-state index contributed by atoms with van der Waals surface area (Å²) >= 11 is 0. The Kier molecular flexibility index (Phi) is 4.13. The predicted molar refractivity (Wildman–Crippen MR) is 61.5 cm³/mol. The highest BCUT2D eigenvalue weighted by Gasteiger charge is 2.41. The van der Waals surface area contributed by atoms with Gasteiger partial charge in [0.25, 0.3) is 0 Å². The minimum atomic E-state index is -4.91. The second kappa shape index (κ2) is 5.48. The third-order valence-corrected chi connectivity index (χ3v) is 3.80. The van der Waals surface area contributed by atoms with E-state index in [0.29, 0.717) is 13.1 Å². The topological polar surface area (TPSA) is 40.6 Å². The molecule has 2 aliphatic heterocycles. The highest BCUT2D eigenvalue weighted by atomic mass is 19.4. The maximum atomic E-state index is 12.1. The molecule has 2 heterocycles. The van der Waals surface area contributed by atoms with Crippen LogP contribution in [0.1, 0.15) is 25.7 Å². The van der Waals surface area contributed by atoms with Crippen molar-refractivity contribution in [1.29, 1.82) is 0 Å². The number of amides is 1. The average Bonchev–Trinajstić information content (AvgIpc) is 2.98. The molecule has 0 N–H and O–H groups in total. The summed E-state index contributed by atoms with van der Waals surface area (Å²) in [7, 11) is 0. The van der Waals surface area contributed by atoms with E-state index in [1.54, 1.807) is 0 Å². The van der Waals surface area contributed by atoms with Crippen molar-refractivity contribution in [3.05, 3.63) is 0 Å². The minimum Gasteiger partial charge on any atom is -0.341 e. The van der Waals surface area contributed by atoms with E-state index < -0.39 is 24.3 Å². The van der Waals surface area contributed by atoms with Gasteiger partial charge in [0, 0.05) is 19.1 Å². The van der Waals surface area contributed by atoms with Crippen molar-refractivity contribution >= 4 is 11.7 Å². The van der Waals surface area contributed by atoms with E-state index in [1.165, 1.54) is 4.90 Å². The Morgan fingerprint density at radius 2 is 1.74 bits per heavy atom. The maximum Gasteiger partial charge on any atom is 0.450 e. The Bertz CT molecular complexity index is 364. The van der Waals surface area contributed by atoms with Crippen LogP contribution in [-0.4, -0.2) is 59.9 Å². The fraction of sp³-hybridized carbons (Fsp3) is 0.833. The van der Waals surface area contributed by atoms with Gasteiger partial charge in [-0.3, -0.25) is 14.5 Å². The van der Waals surface area contributed by atoms with E-state index in [0.717, 1.165) is 32.4 Å². The molecule has 1 unspecified atom stereocenters. The summed E-state index contributed by atoms with van der Waals surface area (Å²) in [6.07, 6.45) is -2.92. The summed E-state index contributed by atoms with van der Waals surface area (Å²) in [6, 6.07) is 0.243. The number of likely N-dealkylation sites (tertiary alicyclic amines) is 2. The molecule has 1 amide bonds. The van der Waals surface area contributed by atoms with Gasteiger partial charge >= 0.3 is 6.18 Å². The molecule has 0 aromatic carbocycles. The lowest BCUT2D eigenvalue weighted by Crippen LogP contribution is -2.38. The Morgan fingerprint density at radius 3 is 2.32 bits per heavy atom. The van der Waals surface area contributed by atoms with Crippen molar-refractivity contribution < 1.29 is 22.8 Å². The molecule has 0 bridgehead atoms. The Morgan fingerprint density at radius 1 is 1.11 bits per heavy atom. The second-order valence-electron chi connectivity index (χ2n) is 5.12. The number of Topliss-reactive ketones (excluding diaryl/α,β-unsaturated/α-hetero) is 1. The smallest absolute Gasteiger partial charge is 0.341 e. The fourth-order valence-corrected chi connectivity index (χ4v) is 2.72. The van der Waals surface area contributed by atoms with Crippen LogP contribution in [0.2, 0.25) is 0 Å². The van der Waals surface area contributed by atoms with Crippen molar-refractivity contribution in [1.82, 2.24) is 9.80 Å². The predicted octanol–water partition coefficient (Wildman–Crippen LogP) is 1.20. The van der Waals surface area contributed by atoms with E-state index in [1.807, 2.05) is 0 Å². The standard InChI is InChI=1S/C12H17F3N2O2/c13-12(14,15)10(18)7-11(19)17-6-3-9(8-17)16-4-1-2-5-16/h9H,1-8H2. The van der Waals surface area contributed by atoms with Crippen LogP contribution in [0.3, 0.4) is 0 Å². The zero-order valence-corrected chi connectivity index (χ0v) is 10.6. The normalized spacial score (nSPS) is 25.0. The molecule has 0 saturated carbocycles. The van der Waals surface area contributed by atoms with Crippen LogP contribution in [0.15, 0.2) is 0 Å². The molecule has 1 atom stereocenters. The molecule has 0 aliphatic carbocycles. The first kappa shape index (κ1) is 14.3. The van der Waals surface area contributed by atoms with Gasteiger partial charge < -0.3 is 4.90 Å². The van der Waals surface area contributed by atoms with Crippen LogP contribution in [-0.2, 0) is 9.59 Å². The van der Waals surface area contributed by atoms with Gasteiger partial charge in [0.05, 0.1) is 6.42 Å². The zero-order valence-electron chi connectivity index (χ0n) is 10.6. The first-order valence-electron chi connectivity index (χ1n) is 6.50. The summed E-state index contributed by atoms with van der Waals surface area (Å²) in [5, 5.41) is 0. The van der Waals surface area contributed by atoms with Crippen molar-refractivity contribution in [2.24, 2.45) is 0 Å². The number of hydrogen-bond donors (Lipinski definition) is 0. The molecular weight excluding hydrogens is 261 g/mol. The molecule has 19 heavy (non-hydrogen) atoms. The molecule has 108 valence electrons. The van der Waals surface area contributed by atoms with Crippen molar-refractivity contribution in [3.63, 3.8) is 0 Å². The van der Waals surface area contributed by atoms with Gasteiger partial charge in [-0.25, -0.2) is 0 Å². The van der Waals surface area contributed by atoms with Gasteiger partial charge in [0.15, 0.2) is 0 Å². The first-order chi connectivity index (χ1) is 8.88. The van der Waals surface area contributed by atoms with Crippen molar-refractivity contribution in [3.8, 4) is 0 Å². The number of nitrogens with zero attached hydrogens (tertiary/aromatic N) is 2. The van der Waals surface area contributed by atoms with E-state index in [9.17, 15) is 22.8 Å². The lowest BCUT2D eigenvalue weighted by atomic mass is 10.2. The molecule has 2 fully saturated rings. The third-order valence-electron chi connectivity index (χ3n) is 3.80. The van der Waals surface area contributed by atoms with Crippen LogP contribution in [0.4, 0.5) is 13.2 Å². The molecular formula is C12H17F3N2O2. The van der Waals surface area contributed by atoms with Crippen LogP contribution in [0.25, 0.3) is 0 Å². The lowest BCUT2D eigenvalue weighted by Gasteiger charge is -2.23. The molecule has 2 saturated heterocycles. The monoisotopic (exact) mass is 278 g/mol. The van der Waals surface area contributed by atoms with E-state index >= 15 is 0 Å². The minimum absolute atomic E-state index is 0.243. The average molecular weight is 278 g/mol. The van der Waals surface area contributed by atoms with E-state index in [2.05, 4.69) is 4.90 Å². The largest absolute Gasteiger partial charge is 0.450 e. The van der Waals surface area contributed by atoms with Gasteiger partial charge in [-0.15, -0.1) is 0 Å². The molecule has 0 spiro atoms. The van der Waals surface area contributed by atoms with E-state index in [4.69, 9.17) is 0 Å². The molecule has 0 aromatic rings. The summed E-state index contributed by atoms with van der Waals surface area (Å²) in [6.45, 7) is 2.89. The fourth-order valence-electron chi connectivity index (χ4n) is 2.72. The van der Waals surface area contributed by atoms with Crippen molar-refractivity contribution in [2.45, 2.75) is 37.9 Å². The molecule has 2 aliphatic rings. The van der Waals surface area contributed by atoms with Crippen LogP contribution in [0.5, 0.6) is 0 Å². The number of carbonyl (C=O) groups excluding carboxylic acids is 2. The highest BCUT2D eigenvalue weighted by Crippen LogP contribution is 2.22. The quantitative estimate of drug-likeness (QED) is 0.728. The first-order valence-corrected chi connectivity index (χ1v) is 6.50. The number of alkyl halides is 3. The second-order valence-corrected chi connectivity index (χ2v) is 5.12. The SMILES string of the molecule is O=C(CC(=O)C(F)(F)F)N1CCC(N2CCCC2)C1. The number of hydrogen-bond acceptors (Lipinski definition) is 3. The van der Waals surface area contributed by atoms with Crippen LogP contribution < -0.4 is 0 Å². The number of rotatable bonds is 3. The van der Waals surface area contributed by atoms with Gasteiger partial charge in [-0.1, -0.05) is 0 Å². The highest BCUT2D eigenvalue weighted by molar-refractivity contribution is 6.00. The van der Waals surface area contributed by atoms with Gasteiger partial charge in [-0.05, 0) is 32.4 Å². The lowest BCUT2D eigenvalue weighted by molar-refractivity contribution is -0.172. The third kappa shape index (κ3) is 3.46. The van der Waals surface area contributed by atoms with Gasteiger partial charge in [0.1, 0.15) is 0 Å². The maximum absolute atomic E-state index is 12.1. The zero-order chi connectivity index (χ0) is 14.0. The summed E-state index contributed by atoms with van der Waals surface area (Å²) in [4.78, 5) is 26.1. The number of ketones is 1. The summed E-state index contributed by atoms with van der Waals surface area (Å²) < 4.78 is 36.3. The van der Waals surface area contributed by atoms with Crippen LogP contribution >= 0.6 is 0 Å². The summed E-state index contributed by atoms with van der Waals surface area (Å²) in [5.74, 6) is -2.66.